The van der Waals surface area contributed by atoms with Crippen molar-refractivity contribution in [3.8, 4) is 0 Å². The maximum Gasteiger partial charge on any atom is 0.236 e. The molecule has 0 bridgehead atoms. The van der Waals surface area contributed by atoms with Gasteiger partial charge in [0.15, 0.2) is 0 Å². The fourth-order valence-electron chi connectivity index (χ4n) is 2.74. The molecule has 0 aromatic rings. The molecule has 1 saturated carbocycles. The Balaban J connectivity index is 2.22. The summed E-state index contributed by atoms with van der Waals surface area (Å²) in [5.41, 5.74) is 5.85. The Morgan fingerprint density at radius 3 is 2.71 bits per heavy atom. The predicted octanol–water partition coefficient (Wildman–Crippen LogP) is 2.30. The van der Waals surface area contributed by atoms with Crippen molar-refractivity contribution >= 4 is 5.91 Å². The van der Waals surface area contributed by atoms with Crippen LogP contribution in [-0.2, 0) is 4.79 Å². The first-order valence-electron chi connectivity index (χ1n) is 7.02. The molecule has 0 heterocycles. The van der Waals surface area contributed by atoms with E-state index in [-0.39, 0.29) is 11.9 Å². The van der Waals surface area contributed by atoms with Gasteiger partial charge in [-0.05, 0) is 37.0 Å². The van der Waals surface area contributed by atoms with Gasteiger partial charge in [0.05, 0.1) is 6.04 Å². The van der Waals surface area contributed by atoms with Crippen molar-refractivity contribution in [2.75, 3.05) is 6.54 Å². The van der Waals surface area contributed by atoms with E-state index in [1.165, 1.54) is 25.7 Å². The summed E-state index contributed by atoms with van der Waals surface area (Å²) >= 11 is 0. The molecule has 3 atom stereocenters. The largest absolute Gasteiger partial charge is 0.354 e. The summed E-state index contributed by atoms with van der Waals surface area (Å²) in [5.74, 6) is 1.98. The molecule has 3 nitrogen and oxygen atoms in total. The Morgan fingerprint density at radius 1 is 1.41 bits per heavy atom. The van der Waals surface area contributed by atoms with Crippen molar-refractivity contribution in [3.63, 3.8) is 0 Å². The van der Waals surface area contributed by atoms with E-state index >= 15 is 0 Å². The van der Waals surface area contributed by atoms with Gasteiger partial charge in [-0.1, -0.05) is 33.6 Å². The molecule has 0 aliphatic heterocycles. The highest BCUT2D eigenvalue weighted by Gasteiger charge is 2.21. The zero-order valence-corrected chi connectivity index (χ0v) is 11.5. The third kappa shape index (κ3) is 5.53. The quantitative estimate of drug-likeness (QED) is 0.774. The van der Waals surface area contributed by atoms with Crippen LogP contribution in [0.25, 0.3) is 0 Å². The Labute approximate surface area is 106 Å². The standard InChI is InChI=1S/C14H28N2O/c1-10(2)7-13(15)14(17)16-9-12-6-4-5-11(3)8-12/h10-13H,4-9,15H2,1-3H3,(H,16,17). The normalized spacial score (nSPS) is 26.9. The van der Waals surface area contributed by atoms with E-state index in [2.05, 4.69) is 26.1 Å². The molecule has 3 N–H and O–H groups in total. The van der Waals surface area contributed by atoms with Gasteiger partial charge in [0.1, 0.15) is 0 Å². The highest BCUT2D eigenvalue weighted by atomic mass is 16.2. The Hall–Kier alpha value is -0.570. The summed E-state index contributed by atoms with van der Waals surface area (Å²) in [6.07, 6.45) is 5.92. The zero-order chi connectivity index (χ0) is 12.8. The smallest absolute Gasteiger partial charge is 0.236 e. The van der Waals surface area contributed by atoms with Gasteiger partial charge < -0.3 is 11.1 Å². The maximum atomic E-state index is 11.8. The fourth-order valence-corrected chi connectivity index (χ4v) is 2.74. The van der Waals surface area contributed by atoms with E-state index in [9.17, 15) is 4.79 Å². The number of nitrogens with two attached hydrogens (primary N) is 1. The molecule has 1 fully saturated rings. The number of carbonyl (C=O) groups is 1. The molecular weight excluding hydrogens is 212 g/mol. The van der Waals surface area contributed by atoms with Crippen molar-refractivity contribution in [2.24, 2.45) is 23.5 Å². The average Bonchev–Trinajstić information content (AvgIpc) is 2.25. The number of rotatable bonds is 5. The van der Waals surface area contributed by atoms with Crippen LogP contribution < -0.4 is 11.1 Å². The van der Waals surface area contributed by atoms with E-state index in [4.69, 9.17) is 5.73 Å². The molecule has 1 aliphatic carbocycles. The van der Waals surface area contributed by atoms with Crippen molar-refractivity contribution < 1.29 is 4.79 Å². The molecule has 1 rings (SSSR count). The summed E-state index contributed by atoms with van der Waals surface area (Å²) in [6.45, 7) is 7.30. The molecule has 1 amide bonds. The second-order valence-corrected chi connectivity index (χ2v) is 6.12. The van der Waals surface area contributed by atoms with E-state index in [1.807, 2.05) is 0 Å². The van der Waals surface area contributed by atoms with Crippen LogP contribution >= 0.6 is 0 Å². The van der Waals surface area contributed by atoms with Gasteiger partial charge in [-0.3, -0.25) is 4.79 Å². The van der Waals surface area contributed by atoms with Gasteiger partial charge in [-0.25, -0.2) is 0 Å². The van der Waals surface area contributed by atoms with Crippen LogP contribution in [-0.4, -0.2) is 18.5 Å². The lowest BCUT2D eigenvalue weighted by molar-refractivity contribution is -0.122. The van der Waals surface area contributed by atoms with Gasteiger partial charge in [0.25, 0.3) is 0 Å². The molecule has 3 unspecified atom stereocenters. The van der Waals surface area contributed by atoms with Crippen molar-refractivity contribution in [2.45, 2.75) is 58.9 Å². The maximum absolute atomic E-state index is 11.8. The van der Waals surface area contributed by atoms with Gasteiger partial charge in [-0.15, -0.1) is 0 Å². The average molecular weight is 240 g/mol. The minimum absolute atomic E-state index is 0.0249. The molecule has 3 heteroatoms. The third-order valence-electron chi connectivity index (χ3n) is 3.67. The van der Waals surface area contributed by atoms with E-state index < -0.39 is 0 Å². The highest BCUT2D eigenvalue weighted by molar-refractivity contribution is 5.81. The van der Waals surface area contributed by atoms with Crippen LogP contribution in [0.15, 0.2) is 0 Å². The van der Waals surface area contributed by atoms with Gasteiger partial charge in [0.2, 0.25) is 5.91 Å². The summed E-state index contributed by atoms with van der Waals surface area (Å²) < 4.78 is 0. The number of hydrogen-bond donors (Lipinski definition) is 2. The molecule has 100 valence electrons. The van der Waals surface area contributed by atoms with Crippen molar-refractivity contribution in [3.05, 3.63) is 0 Å². The predicted molar refractivity (Wildman–Crippen MR) is 71.6 cm³/mol. The van der Waals surface area contributed by atoms with Gasteiger partial charge in [-0.2, -0.15) is 0 Å². The second kappa shape index (κ2) is 7.00. The van der Waals surface area contributed by atoms with Gasteiger partial charge in [0, 0.05) is 6.54 Å². The number of carbonyl (C=O) groups excluding carboxylic acids is 1. The lowest BCUT2D eigenvalue weighted by atomic mass is 9.82. The third-order valence-corrected chi connectivity index (χ3v) is 3.67. The minimum Gasteiger partial charge on any atom is -0.354 e. The molecule has 0 radical (unpaired) electrons. The van der Waals surface area contributed by atoms with Crippen LogP contribution in [0, 0.1) is 17.8 Å². The van der Waals surface area contributed by atoms with Gasteiger partial charge >= 0.3 is 0 Å². The summed E-state index contributed by atoms with van der Waals surface area (Å²) in [6, 6.07) is -0.337. The Morgan fingerprint density at radius 2 is 2.12 bits per heavy atom. The minimum atomic E-state index is -0.337. The molecule has 0 aromatic carbocycles. The van der Waals surface area contributed by atoms with Crippen LogP contribution in [0.4, 0.5) is 0 Å². The van der Waals surface area contributed by atoms with Crippen LogP contribution in [0.3, 0.4) is 0 Å². The van der Waals surface area contributed by atoms with Crippen LogP contribution in [0.1, 0.15) is 52.9 Å². The Kier molecular flexibility index (Phi) is 5.96. The lowest BCUT2D eigenvalue weighted by Crippen LogP contribution is -2.43. The molecule has 0 aromatic heterocycles. The monoisotopic (exact) mass is 240 g/mol. The SMILES string of the molecule is CC(C)CC(N)C(=O)NCC1CCCC(C)C1. The first-order chi connectivity index (χ1) is 7.99. The Bertz CT molecular complexity index is 240. The molecule has 17 heavy (non-hydrogen) atoms. The van der Waals surface area contributed by atoms with Crippen molar-refractivity contribution in [1.82, 2.24) is 5.32 Å². The molecule has 0 saturated heterocycles. The first kappa shape index (κ1) is 14.5. The first-order valence-corrected chi connectivity index (χ1v) is 7.02. The van der Waals surface area contributed by atoms with E-state index in [0.717, 1.165) is 18.9 Å². The second-order valence-electron chi connectivity index (χ2n) is 6.12. The van der Waals surface area contributed by atoms with Crippen LogP contribution in [0.2, 0.25) is 0 Å². The summed E-state index contributed by atoms with van der Waals surface area (Å²) in [5, 5.41) is 3.01. The number of hydrogen-bond acceptors (Lipinski definition) is 2. The van der Waals surface area contributed by atoms with Crippen LogP contribution in [0.5, 0.6) is 0 Å². The van der Waals surface area contributed by atoms with E-state index in [1.54, 1.807) is 0 Å². The molecule has 1 aliphatic rings. The highest BCUT2D eigenvalue weighted by Crippen LogP contribution is 2.27. The fraction of sp³-hybridized carbons (Fsp3) is 0.929. The lowest BCUT2D eigenvalue weighted by Gasteiger charge is -2.27. The molecular formula is C14H28N2O. The number of amides is 1. The molecule has 0 spiro atoms. The zero-order valence-electron chi connectivity index (χ0n) is 11.5. The summed E-state index contributed by atoms with van der Waals surface area (Å²) in [7, 11) is 0. The summed E-state index contributed by atoms with van der Waals surface area (Å²) in [4.78, 5) is 11.8. The topological polar surface area (TPSA) is 55.1 Å². The van der Waals surface area contributed by atoms with E-state index in [0.29, 0.717) is 11.8 Å². The number of nitrogens with one attached hydrogen (secondary N) is 1. The van der Waals surface area contributed by atoms with Crippen molar-refractivity contribution in [1.29, 1.82) is 0 Å².